The number of thiophene rings is 1. The van der Waals surface area contributed by atoms with Gasteiger partial charge >= 0.3 is 0 Å². The summed E-state index contributed by atoms with van der Waals surface area (Å²) >= 11 is 1.84. The van der Waals surface area contributed by atoms with Crippen molar-refractivity contribution in [3.8, 4) is 67.5 Å². The Hall–Kier alpha value is -7.27. The van der Waals surface area contributed by atoms with E-state index >= 15 is 0 Å². The number of fused-ring (bicyclic) bond motifs is 5. The molecule has 266 valence electrons. The summed E-state index contributed by atoms with van der Waals surface area (Å²) < 4.78 is 2.45. The van der Waals surface area contributed by atoms with E-state index in [1.165, 1.54) is 47.6 Å². The zero-order chi connectivity index (χ0) is 37.7. The van der Waals surface area contributed by atoms with Gasteiger partial charge in [0.1, 0.15) is 0 Å². The van der Waals surface area contributed by atoms with Gasteiger partial charge in [0.2, 0.25) is 0 Å². The fourth-order valence-electron chi connectivity index (χ4n) is 8.17. The average Bonchev–Trinajstić information content (AvgIpc) is 3.67. The quantitative estimate of drug-likeness (QED) is 0.170. The SMILES string of the molecule is c1ccc(-c2ccc(-c3nc(-c4cccc(-c5ccccc5)c4)nc(-c4c5ccccc5c(-c5ccc6ccccc6c5)c5sc6ccccc6c45)n3)cc2)cc1. The molecule has 0 radical (unpaired) electrons. The molecular formula is C53H33N3S. The molecule has 3 nitrogen and oxygen atoms in total. The minimum atomic E-state index is 0.634. The fraction of sp³-hybridized carbons (Fsp3) is 0. The maximum atomic E-state index is 5.41. The first-order chi connectivity index (χ1) is 28.2. The molecule has 0 fully saturated rings. The molecule has 0 saturated heterocycles. The van der Waals surface area contributed by atoms with Gasteiger partial charge in [-0.25, -0.2) is 15.0 Å². The van der Waals surface area contributed by atoms with Gasteiger partial charge in [-0.05, 0) is 67.6 Å². The van der Waals surface area contributed by atoms with Crippen molar-refractivity contribution in [2.75, 3.05) is 0 Å². The van der Waals surface area contributed by atoms with E-state index in [0.717, 1.165) is 44.2 Å². The lowest BCUT2D eigenvalue weighted by molar-refractivity contribution is 1.08. The van der Waals surface area contributed by atoms with Crippen LogP contribution < -0.4 is 0 Å². The Bertz CT molecular complexity index is 3280. The normalized spacial score (nSPS) is 11.5. The van der Waals surface area contributed by atoms with E-state index in [1.807, 2.05) is 23.5 Å². The molecule has 0 aliphatic rings. The summed E-state index contributed by atoms with van der Waals surface area (Å²) in [6, 6.07) is 70.9. The van der Waals surface area contributed by atoms with Crippen LogP contribution in [0.1, 0.15) is 0 Å². The largest absolute Gasteiger partial charge is 0.208 e. The van der Waals surface area contributed by atoms with Crippen LogP contribution >= 0.6 is 11.3 Å². The smallest absolute Gasteiger partial charge is 0.165 e. The third kappa shape index (κ3) is 5.86. The van der Waals surface area contributed by atoms with Crippen LogP contribution in [-0.2, 0) is 0 Å². The van der Waals surface area contributed by atoms with Crippen LogP contribution in [0.4, 0.5) is 0 Å². The maximum Gasteiger partial charge on any atom is 0.165 e. The highest BCUT2D eigenvalue weighted by molar-refractivity contribution is 7.26. The molecule has 0 amide bonds. The Kier molecular flexibility index (Phi) is 8.01. The first-order valence-electron chi connectivity index (χ1n) is 19.2. The van der Waals surface area contributed by atoms with Crippen molar-refractivity contribution in [2.45, 2.75) is 0 Å². The maximum absolute atomic E-state index is 5.41. The van der Waals surface area contributed by atoms with Crippen LogP contribution in [0, 0.1) is 0 Å². The molecular weight excluding hydrogens is 711 g/mol. The second-order valence-electron chi connectivity index (χ2n) is 14.4. The first-order valence-corrected chi connectivity index (χ1v) is 20.0. The number of nitrogens with zero attached hydrogens (tertiary/aromatic N) is 3. The highest BCUT2D eigenvalue weighted by Crippen LogP contribution is 2.49. The van der Waals surface area contributed by atoms with E-state index in [4.69, 9.17) is 15.0 Å². The Morgan fingerprint density at radius 3 is 1.56 bits per heavy atom. The molecule has 0 atom stereocenters. The fourth-order valence-corrected chi connectivity index (χ4v) is 9.46. The number of hydrogen-bond acceptors (Lipinski definition) is 4. The lowest BCUT2D eigenvalue weighted by Crippen LogP contribution is -2.01. The average molecular weight is 744 g/mol. The van der Waals surface area contributed by atoms with Crippen LogP contribution in [0.3, 0.4) is 0 Å². The Morgan fingerprint density at radius 1 is 0.298 bits per heavy atom. The van der Waals surface area contributed by atoms with Gasteiger partial charge in [-0.1, -0.05) is 182 Å². The lowest BCUT2D eigenvalue weighted by atomic mass is 9.90. The molecule has 9 aromatic carbocycles. The molecule has 0 N–H and O–H groups in total. The Labute approximate surface area is 334 Å². The van der Waals surface area contributed by atoms with Crippen molar-refractivity contribution >= 4 is 53.1 Å². The lowest BCUT2D eigenvalue weighted by Gasteiger charge is -2.16. The molecule has 11 rings (SSSR count). The van der Waals surface area contributed by atoms with Gasteiger partial charge < -0.3 is 0 Å². The summed E-state index contributed by atoms with van der Waals surface area (Å²) in [5.74, 6) is 1.92. The Morgan fingerprint density at radius 2 is 0.807 bits per heavy atom. The van der Waals surface area contributed by atoms with Gasteiger partial charge in [0, 0.05) is 42.4 Å². The van der Waals surface area contributed by atoms with Gasteiger partial charge in [-0.3, -0.25) is 0 Å². The van der Waals surface area contributed by atoms with Crippen molar-refractivity contribution < 1.29 is 0 Å². The van der Waals surface area contributed by atoms with Gasteiger partial charge in [-0.2, -0.15) is 0 Å². The molecule has 0 aliphatic heterocycles. The number of rotatable bonds is 6. The molecule has 11 aromatic rings. The van der Waals surface area contributed by atoms with Crippen molar-refractivity contribution in [1.82, 2.24) is 15.0 Å². The van der Waals surface area contributed by atoms with Crippen LogP contribution in [0.5, 0.6) is 0 Å². The molecule has 0 unspecified atom stereocenters. The molecule has 57 heavy (non-hydrogen) atoms. The minimum Gasteiger partial charge on any atom is -0.208 e. The third-order valence-electron chi connectivity index (χ3n) is 10.9. The minimum absolute atomic E-state index is 0.634. The molecule has 0 aliphatic carbocycles. The van der Waals surface area contributed by atoms with Crippen LogP contribution in [0.25, 0.3) is 109 Å². The van der Waals surface area contributed by atoms with Gasteiger partial charge in [0.25, 0.3) is 0 Å². The Balaban J connectivity index is 1.20. The van der Waals surface area contributed by atoms with Crippen LogP contribution in [-0.4, -0.2) is 15.0 Å². The molecule has 4 heteroatoms. The summed E-state index contributed by atoms with van der Waals surface area (Å²) in [5.41, 5.74) is 9.89. The third-order valence-corrected chi connectivity index (χ3v) is 12.1. The van der Waals surface area contributed by atoms with Gasteiger partial charge in [0.15, 0.2) is 17.5 Å². The molecule has 0 saturated carbocycles. The summed E-state index contributed by atoms with van der Waals surface area (Å²) in [6.07, 6.45) is 0. The van der Waals surface area contributed by atoms with E-state index in [-0.39, 0.29) is 0 Å². The van der Waals surface area contributed by atoms with Crippen molar-refractivity contribution in [3.05, 3.63) is 200 Å². The predicted octanol–water partition coefficient (Wildman–Crippen LogP) is 14.5. The van der Waals surface area contributed by atoms with Crippen molar-refractivity contribution in [3.63, 3.8) is 0 Å². The second-order valence-corrected chi connectivity index (χ2v) is 15.4. The van der Waals surface area contributed by atoms with E-state index in [2.05, 4.69) is 188 Å². The topological polar surface area (TPSA) is 38.7 Å². The van der Waals surface area contributed by atoms with Crippen molar-refractivity contribution in [2.24, 2.45) is 0 Å². The molecule has 2 aromatic heterocycles. The first kappa shape index (κ1) is 33.1. The number of aromatic nitrogens is 3. The summed E-state index contributed by atoms with van der Waals surface area (Å²) in [7, 11) is 0. The summed E-state index contributed by atoms with van der Waals surface area (Å²) in [4.78, 5) is 16.0. The number of hydrogen-bond donors (Lipinski definition) is 0. The molecule has 0 spiro atoms. The highest BCUT2D eigenvalue weighted by Gasteiger charge is 2.24. The van der Waals surface area contributed by atoms with Crippen LogP contribution in [0.2, 0.25) is 0 Å². The van der Waals surface area contributed by atoms with E-state index in [1.54, 1.807) is 0 Å². The zero-order valence-corrected chi connectivity index (χ0v) is 31.6. The van der Waals surface area contributed by atoms with E-state index in [0.29, 0.717) is 17.5 Å². The summed E-state index contributed by atoms with van der Waals surface area (Å²) in [6.45, 7) is 0. The summed E-state index contributed by atoms with van der Waals surface area (Å²) in [5, 5.41) is 7.09. The van der Waals surface area contributed by atoms with Gasteiger partial charge in [0.05, 0.1) is 0 Å². The molecule has 0 bridgehead atoms. The molecule has 2 heterocycles. The number of benzene rings is 9. The van der Waals surface area contributed by atoms with E-state index < -0.39 is 0 Å². The zero-order valence-electron chi connectivity index (χ0n) is 30.8. The van der Waals surface area contributed by atoms with E-state index in [9.17, 15) is 0 Å². The highest BCUT2D eigenvalue weighted by atomic mass is 32.1. The van der Waals surface area contributed by atoms with Crippen molar-refractivity contribution in [1.29, 1.82) is 0 Å². The second kappa shape index (κ2) is 13.8. The monoisotopic (exact) mass is 743 g/mol. The van der Waals surface area contributed by atoms with Gasteiger partial charge in [-0.15, -0.1) is 11.3 Å². The van der Waals surface area contributed by atoms with Crippen LogP contribution in [0.15, 0.2) is 200 Å². The standard InChI is InChI=1S/C53H33N3S/c1-3-14-34(15-4-1)37-26-29-38(30-27-37)51-54-52(42-21-13-20-40(33-42)35-16-5-2-6-17-35)56-53(55-51)49-44-23-10-9-22-43(44)47(41-31-28-36-18-7-8-19-39(36)32-41)50-48(49)45-24-11-12-25-46(45)57-50/h1-33H. The predicted molar refractivity (Wildman–Crippen MR) is 240 cm³/mol.